The maximum Gasteiger partial charge on any atom is 0.293 e. The summed E-state index contributed by atoms with van der Waals surface area (Å²) in [6, 6.07) is 5.56. The summed E-state index contributed by atoms with van der Waals surface area (Å²) in [5, 5.41) is 0.707. The lowest BCUT2D eigenvalue weighted by Gasteiger charge is -2.34. The highest BCUT2D eigenvalue weighted by atomic mass is 16.5. The Hall–Kier alpha value is -2.34. The number of carbonyl (C=O) groups excluding carboxylic acids is 1. The van der Waals surface area contributed by atoms with Crippen LogP contribution in [0.2, 0.25) is 0 Å². The number of benzene rings is 1. The quantitative estimate of drug-likeness (QED) is 0.802. The fourth-order valence-electron chi connectivity index (χ4n) is 2.71. The fourth-order valence-corrected chi connectivity index (χ4v) is 2.71. The fraction of sp³-hybridized carbons (Fsp3) is 0.444. The van der Waals surface area contributed by atoms with Gasteiger partial charge in [0.1, 0.15) is 0 Å². The van der Waals surface area contributed by atoms with Crippen molar-refractivity contribution in [1.29, 1.82) is 0 Å². The van der Waals surface area contributed by atoms with E-state index in [-0.39, 0.29) is 5.43 Å². The van der Waals surface area contributed by atoms with E-state index in [0.717, 1.165) is 43.0 Å². The predicted molar refractivity (Wildman–Crippen MR) is 94.6 cm³/mol. The molecule has 0 radical (unpaired) electrons. The van der Waals surface area contributed by atoms with Crippen LogP contribution in [0.3, 0.4) is 0 Å². The first-order chi connectivity index (χ1) is 11.6. The molecule has 0 saturated carbocycles. The van der Waals surface area contributed by atoms with Gasteiger partial charge >= 0.3 is 0 Å². The molecule has 1 fully saturated rings. The Balaban J connectivity index is 0.000000368. The molecular formula is C18H24N2O4. The molecule has 6 nitrogen and oxygen atoms in total. The lowest BCUT2D eigenvalue weighted by Crippen LogP contribution is -2.44. The van der Waals surface area contributed by atoms with Crippen molar-refractivity contribution in [3.8, 4) is 0 Å². The molecule has 1 aromatic heterocycles. The molecule has 1 aliphatic rings. The zero-order chi connectivity index (χ0) is 17.5. The van der Waals surface area contributed by atoms with Crippen molar-refractivity contribution in [2.45, 2.75) is 13.8 Å². The van der Waals surface area contributed by atoms with Crippen LogP contribution in [-0.2, 0) is 9.53 Å². The van der Waals surface area contributed by atoms with Crippen LogP contribution in [0, 0.1) is 6.92 Å². The first-order valence-electron chi connectivity index (χ1n) is 8.08. The second-order valence-electron chi connectivity index (χ2n) is 5.73. The van der Waals surface area contributed by atoms with Gasteiger partial charge in [0.05, 0.1) is 23.9 Å². The van der Waals surface area contributed by atoms with Crippen LogP contribution >= 0.6 is 0 Å². The molecule has 130 valence electrons. The molecule has 1 aliphatic heterocycles. The van der Waals surface area contributed by atoms with Crippen molar-refractivity contribution in [2.75, 3.05) is 44.7 Å². The minimum atomic E-state index is 0.0368. The Kier molecular flexibility index (Phi) is 6.37. The Morgan fingerprint density at radius 1 is 1.21 bits per heavy atom. The lowest BCUT2D eigenvalue weighted by molar-refractivity contribution is -0.128. The largest absolute Gasteiger partial charge is 0.468 e. The zero-order valence-electron chi connectivity index (χ0n) is 14.4. The molecule has 0 amide bonds. The standard InChI is InChI=1S/C15H18N2O2.C3H6O2/c1-11-3-4-12(17-8-6-16(2)7-9-17)15-14(11)13(18)5-10-19-15;1-2-5-3-4/h3-5,10H,6-9H2,1-2H3;3H,2H2,1H3. The van der Waals surface area contributed by atoms with Crippen LogP contribution in [0.5, 0.6) is 0 Å². The molecule has 0 unspecified atom stereocenters. The summed E-state index contributed by atoms with van der Waals surface area (Å²) in [5.41, 5.74) is 2.76. The van der Waals surface area contributed by atoms with E-state index < -0.39 is 0 Å². The molecule has 0 spiro atoms. The Morgan fingerprint density at radius 2 is 1.92 bits per heavy atom. The summed E-state index contributed by atoms with van der Waals surface area (Å²) < 4.78 is 9.78. The van der Waals surface area contributed by atoms with E-state index >= 15 is 0 Å². The number of fused-ring (bicyclic) bond motifs is 1. The Bertz CT molecular complexity index is 733. The number of carbonyl (C=O) groups is 1. The van der Waals surface area contributed by atoms with Gasteiger partial charge in [0, 0.05) is 32.2 Å². The van der Waals surface area contributed by atoms with Gasteiger partial charge < -0.3 is 19.0 Å². The number of piperazine rings is 1. The smallest absolute Gasteiger partial charge is 0.293 e. The van der Waals surface area contributed by atoms with E-state index in [9.17, 15) is 9.59 Å². The molecule has 0 bridgehead atoms. The summed E-state index contributed by atoms with van der Waals surface area (Å²) in [6.07, 6.45) is 1.49. The molecule has 2 heterocycles. The summed E-state index contributed by atoms with van der Waals surface area (Å²) >= 11 is 0. The topological polar surface area (TPSA) is 63.0 Å². The third-order valence-corrected chi connectivity index (χ3v) is 4.08. The molecule has 0 N–H and O–H groups in total. The number of likely N-dealkylation sites (N-methyl/N-ethyl adjacent to an activating group) is 1. The van der Waals surface area contributed by atoms with Gasteiger partial charge in [-0.15, -0.1) is 0 Å². The van der Waals surface area contributed by atoms with Crippen molar-refractivity contribution in [1.82, 2.24) is 4.90 Å². The first kappa shape index (κ1) is 18.0. The minimum absolute atomic E-state index is 0.0368. The van der Waals surface area contributed by atoms with Crippen molar-refractivity contribution >= 4 is 23.1 Å². The molecule has 6 heteroatoms. The number of hydrogen-bond donors (Lipinski definition) is 0. The second kappa shape index (κ2) is 8.49. The van der Waals surface area contributed by atoms with E-state index in [1.807, 2.05) is 13.0 Å². The predicted octanol–water partition coefficient (Wildman–Crippen LogP) is 2.03. The van der Waals surface area contributed by atoms with E-state index in [4.69, 9.17) is 4.42 Å². The third kappa shape index (κ3) is 4.14. The van der Waals surface area contributed by atoms with Crippen LogP contribution < -0.4 is 10.3 Å². The monoisotopic (exact) mass is 332 g/mol. The van der Waals surface area contributed by atoms with Gasteiger partial charge in [0.2, 0.25) is 0 Å². The molecule has 1 saturated heterocycles. The van der Waals surface area contributed by atoms with Gasteiger partial charge in [-0.25, -0.2) is 0 Å². The van der Waals surface area contributed by atoms with Crippen molar-refractivity contribution in [3.05, 3.63) is 40.2 Å². The molecule has 0 atom stereocenters. The Labute approximate surface area is 141 Å². The highest BCUT2D eigenvalue weighted by Crippen LogP contribution is 2.27. The van der Waals surface area contributed by atoms with Gasteiger partial charge in [-0.3, -0.25) is 9.59 Å². The van der Waals surface area contributed by atoms with Crippen molar-refractivity contribution in [3.63, 3.8) is 0 Å². The van der Waals surface area contributed by atoms with Crippen molar-refractivity contribution < 1.29 is 13.9 Å². The molecule has 3 rings (SSSR count). The van der Waals surface area contributed by atoms with Crippen LogP contribution in [0.15, 0.2) is 33.7 Å². The van der Waals surface area contributed by atoms with E-state index in [1.54, 1.807) is 6.92 Å². The maximum atomic E-state index is 12.0. The average Bonchev–Trinajstić information content (AvgIpc) is 2.58. The van der Waals surface area contributed by atoms with Crippen molar-refractivity contribution in [2.24, 2.45) is 0 Å². The van der Waals surface area contributed by atoms with Crippen LogP contribution in [0.4, 0.5) is 5.69 Å². The third-order valence-electron chi connectivity index (χ3n) is 4.08. The first-order valence-corrected chi connectivity index (χ1v) is 8.08. The summed E-state index contributed by atoms with van der Waals surface area (Å²) in [6.45, 7) is 8.62. The maximum absolute atomic E-state index is 12.0. The minimum Gasteiger partial charge on any atom is -0.468 e. The van der Waals surface area contributed by atoms with Crippen LogP contribution in [0.25, 0.3) is 11.0 Å². The van der Waals surface area contributed by atoms with Crippen LogP contribution in [-0.4, -0.2) is 51.2 Å². The number of rotatable bonds is 3. The number of ether oxygens (including phenoxy) is 1. The molecule has 1 aromatic carbocycles. The number of hydrogen-bond acceptors (Lipinski definition) is 6. The lowest BCUT2D eigenvalue weighted by atomic mass is 10.1. The summed E-state index contributed by atoms with van der Waals surface area (Å²) in [5.74, 6) is 0. The van der Waals surface area contributed by atoms with Gasteiger partial charge in [-0.05, 0) is 32.5 Å². The zero-order valence-corrected chi connectivity index (χ0v) is 14.4. The van der Waals surface area contributed by atoms with Crippen LogP contribution in [0.1, 0.15) is 12.5 Å². The highest BCUT2D eigenvalue weighted by molar-refractivity contribution is 5.91. The van der Waals surface area contributed by atoms with E-state index in [1.165, 1.54) is 12.3 Å². The summed E-state index contributed by atoms with van der Waals surface area (Å²) in [4.78, 5) is 25.8. The molecular weight excluding hydrogens is 308 g/mol. The second-order valence-corrected chi connectivity index (χ2v) is 5.73. The van der Waals surface area contributed by atoms with Gasteiger partial charge in [0.25, 0.3) is 6.47 Å². The van der Waals surface area contributed by atoms with Gasteiger partial charge in [-0.1, -0.05) is 6.07 Å². The number of anilines is 1. The van der Waals surface area contributed by atoms with E-state index in [2.05, 4.69) is 27.7 Å². The molecule has 24 heavy (non-hydrogen) atoms. The molecule has 2 aromatic rings. The van der Waals surface area contributed by atoms with Gasteiger partial charge in [-0.2, -0.15) is 0 Å². The summed E-state index contributed by atoms with van der Waals surface area (Å²) in [7, 11) is 2.13. The SMILES string of the molecule is CCOC=O.Cc1ccc(N2CCN(C)CC2)c2occc(=O)c12. The molecule has 0 aliphatic carbocycles. The van der Waals surface area contributed by atoms with E-state index in [0.29, 0.717) is 18.5 Å². The van der Waals surface area contributed by atoms with Gasteiger partial charge in [0.15, 0.2) is 11.0 Å². The average molecular weight is 332 g/mol. The highest BCUT2D eigenvalue weighted by Gasteiger charge is 2.18. The normalized spacial score (nSPS) is 14.9. The number of aryl methyl sites for hydroxylation is 1. The Morgan fingerprint density at radius 3 is 2.50 bits per heavy atom. The number of nitrogens with zero attached hydrogens (tertiary/aromatic N) is 2.